The van der Waals surface area contributed by atoms with Crippen molar-refractivity contribution in [3.8, 4) is 5.75 Å². The third kappa shape index (κ3) is 6.14. The number of hydrogen-bond donors (Lipinski definition) is 1. The average Bonchev–Trinajstić information content (AvgIpc) is 3.18. The molecular formula is C27H28ClN3O2. The van der Waals surface area contributed by atoms with E-state index in [4.69, 9.17) is 21.3 Å². The zero-order valence-corrected chi connectivity index (χ0v) is 19.5. The maximum atomic E-state index is 12.3. The molecule has 4 rings (SSSR count). The predicted molar refractivity (Wildman–Crippen MR) is 133 cm³/mol. The third-order valence-corrected chi connectivity index (χ3v) is 6.03. The molecule has 6 heteroatoms. The lowest BCUT2D eigenvalue weighted by molar-refractivity contribution is -0.121. The zero-order valence-electron chi connectivity index (χ0n) is 18.8. The van der Waals surface area contributed by atoms with E-state index < -0.39 is 0 Å². The molecule has 0 atom stereocenters. The molecule has 5 nitrogen and oxygen atoms in total. The highest BCUT2D eigenvalue weighted by Crippen LogP contribution is 2.21. The van der Waals surface area contributed by atoms with Crippen LogP contribution in [0.5, 0.6) is 5.75 Å². The molecule has 0 spiro atoms. The summed E-state index contributed by atoms with van der Waals surface area (Å²) in [6, 6.07) is 23.8. The Kier molecular flexibility index (Phi) is 7.63. The van der Waals surface area contributed by atoms with Gasteiger partial charge < -0.3 is 14.6 Å². The van der Waals surface area contributed by atoms with Crippen molar-refractivity contribution in [2.24, 2.45) is 0 Å². The van der Waals surface area contributed by atoms with Gasteiger partial charge in [-0.25, -0.2) is 4.98 Å². The number of aryl methyl sites for hydroxylation is 2. The minimum absolute atomic E-state index is 0.0583. The largest absolute Gasteiger partial charge is 0.492 e. The summed E-state index contributed by atoms with van der Waals surface area (Å²) in [5.74, 6) is 1.80. The van der Waals surface area contributed by atoms with Crippen molar-refractivity contribution in [2.45, 2.75) is 32.7 Å². The van der Waals surface area contributed by atoms with Gasteiger partial charge in [0.2, 0.25) is 5.91 Å². The monoisotopic (exact) mass is 461 g/mol. The highest BCUT2D eigenvalue weighted by Gasteiger charge is 2.11. The second-order valence-electron chi connectivity index (χ2n) is 8.01. The number of carbonyl (C=O) groups excluding carboxylic acids is 1. The quantitative estimate of drug-likeness (QED) is 0.345. The minimum Gasteiger partial charge on any atom is -0.492 e. The molecule has 0 unspecified atom stereocenters. The topological polar surface area (TPSA) is 56.1 Å². The fraction of sp³-hybridized carbons (Fsp3) is 0.259. The summed E-state index contributed by atoms with van der Waals surface area (Å²) in [4.78, 5) is 17.1. The van der Waals surface area contributed by atoms with Gasteiger partial charge in [0.15, 0.2) is 0 Å². The molecule has 0 aliphatic rings. The van der Waals surface area contributed by atoms with Crippen molar-refractivity contribution in [2.75, 3.05) is 13.2 Å². The summed E-state index contributed by atoms with van der Waals surface area (Å²) < 4.78 is 8.13. The fourth-order valence-corrected chi connectivity index (χ4v) is 3.95. The third-order valence-electron chi connectivity index (χ3n) is 5.60. The Balaban J connectivity index is 1.34. The van der Waals surface area contributed by atoms with Crippen molar-refractivity contribution in [3.05, 3.63) is 94.8 Å². The van der Waals surface area contributed by atoms with E-state index in [1.807, 2.05) is 73.7 Å². The van der Waals surface area contributed by atoms with Gasteiger partial charge in [0.1, 0.15) is 18.2 Å². The van der Waals surface area contributed by atoms with Crippen LogP contribution in [0.1, 0.15) is 23.4 Å². The number of halogens is 1. The Morgan fingerprint density at radius 2 is 1.82 bits per heavy atom. The summed E-state index contributed by atoms with van der Waals surface area (Å²) in [5, 5.41) is 3.76. The lowest BCUT2D eigenvalue weighted by Crippen LogP contribution is -2.27. The smallest absolute Gasteiger partial charge is 0.220 e. The Labute approximate surface area is 199 Å². The highest BCUT2D eigenvalue weighted by molar-refractivity contribution is 6.31. The van der Waals surface area contributed by atoms with Gasteiger partial charge in [0.05, 0.1) is 17.6 Å². The number of amides is 1. The molecule has 170 valence electrons. The molecule has 1 amide bonds. The summed E-state index contributed by atoms with van der Waals surface area (Å²) >= 11 is 6.11. The first-order valence-corrected chi connectivity index (χ1v) is 11.6. The van der Waals surface area contributed by atoms with Crippen LogP contribution in [0.15, 0.2) is 72.8 Å². The molecule has 1 aromatic heterocycles. The van der Waals surface area contributed by atoms with Crippen LogP contribution in [0.3, 0.4) is 0 Å². The van der Waals surface area contributed by atoms with Crippen LogP contribution in [0, 0.1) is 6.92 Å². The van der Waals surface area contributed by atoms with Crippen LogP contribution >= 0.6 is 11.6 Å². The second-order valence-corrected chi connectivity index (χ2v) is 8.42. The first kappa shape index (κ1) is 22.9. The van der Waals surface area contributed by atoms with E-state index in [9.17, 15) is 4.79 Å². The summed E-state index contributed by atoms with van der Waals surface area (Å²) in [7, 11) is 0. The van der Waals surface area contributed by atoms with Gasteiger partial charge in [-0.05, 0) is 54.8 Å². The van der Waals surface area contributed by atoms with Crippen molar-refractivity contribution in [1.82, 2.24) is 14.9 Å². The molecule has 0 aliphatic carbocycles. The van der Waals surface area contributed by atoms with Crippen LogP contribution in [-0.4, -0.2) is 28.6 Å². The van der Waals surface area contributed by atoms with Crippen LogP contribution < -0.4 is 10.1 Å². The van der Waals surface area contributed by atoms with Gasteiger partial charge in [-0.15, -0.1) is 0 Å². The summed E-state index contributed by atoms with van der Waals surface area (Å²) in [6.07, 6.45) is 1.88. The molecule has 1 N–H and O–H groups in total. The number of imidazole rings is 1. The fourth-order valence-electron chi connectivity index (χ4n) is 3.83. The Hall–Kier alpha value is -3.31. The van der Waals surface area contributed by atoms with E-state index in [1.54, 1.807) is 0 Å². The van der Waals surface area contributed by atoms with Gasteiger partial charge in [0, 0.05) is 24.4 Å². The number of fused-ring (bicyclic) bond motifs is 1. The lowest BCUT2D eigenvalue weighted by atomic mass is 10.1. The average molecular weight is 462 g/mol. The van der Waals surface area contributed by atoms with E-state index in [0.29, 0.717) is 32.5 Å². The Bertz CT molecular complexity index is 1220. The molecule has 0 saturated carbocycles. The molecule has 4 aromatic rings. The second kappa shape index (κ2) is 11.0. The molecule has 1 heterocycles. The number of nitrogens with zero attached hydrogens (tertiary/aromatic N) is 2. The Morgan fingerprint density at radius 1 is 1.03 bits per heavy atom. The molecule has 33 heavy (non-hydrogen) atoms. The van der Waals surface area contributed by atoms with Gasteiger partial charge >= 0.3 is 0 Å². The van der Waals surface area contributed by atoms with Gasteiger partial charge in [-0.1, -0.05) is 54.1 Å². The zero-order chi connectivity index (χ0) is 23.0. The first-order chi connectivity index (χ1) is 16.1. The molecule has 0 radical (unpaired) electrons. The van der Waals surface area contributed by atoms with Gasteiger partial charge in [0.25, 0.3) is 0 Å². The SMILES string of the molecule is Cc1cc(OCCn2c(CCNC(=O)CCc3ccccc3)nc3ccccc32)ccc1Cl. The van der Waals surface area contributed by atoms with E-state index >= 15 is 0 Å². The molecule has 0 aliphatic heterocycles. The number of para-hydroxylation sites is 2. The van der Waals surface area contributed by atoms with E-state index in [2.05, 4.69) is 16.0 Å². The number of carbonyl (C=O) groups is 1. The maximum Gasteiger partial charge on any atom is 0.220 e. The molecule has 0 fully saturated rings. The van der Waals surface area contributed by atoms with Crippen molar-refractivity contribution in [1.29, 1.82) is 0 Å². The van der Waals surface area contributed by atoms with Crippen molar-refractivity contribution in [3.63, 3.8) is 0 Å². The number of nitrogens with one attached hydrogen (secondary N) is 1. The minimum atomic E-state index is 0.0583. The molecule has 0 bridgehead atoms. The molecule has 0 saturated heterocycles. The molecule has 3 aromatic carbocycles. The van der Waals surface area contributed by atoms with Crippen LogP contribution in [0.25, 0.3) is 11.0 Å². The van der Waals surface area contributed by atoms with E-state index in [1.165, 1.54) is 5.56 Å². The van der Waals surface area contributed by atoms with Crippen molar-refractivity contribution >= 4 is 28.5 Å². The standard InChI is InChI=1S/C27H28ClN3O2/c1-20-19-22(12-13-23(20)28)33-18-17-31-25-10-6-5-9-24(25)30-26(31)15-16-29-27(32)14-11-21-7-3-2-4-8-21/h2-10,12-13,19H,11,14-18H2,1H3,(H,29,32). The highest BCUT2D eigenvalue weighted by atomic mass is 35.5. The number of ether oxygens (including phenoxy) is 1. The Morgan fingerprint density at radius 3 is 2.64 bits per heavy atom. The normalized spacial score (nSPS) is 11.0. The maximum absolute atomic E-state index is 12.3. The van der Waals surface area contributed by atoms with Gasteiger partial charge in [-0.3, -0.25) is 4.79 Å². The predicted octanol–water partition coefficient (Wildman–Crippen LogP) is 5.37. The summed E-state index contributed by atoms with van der Waals surface area (Å²) in [5.41, 5.74) is 4.18. The van der Waals surface area contributed by atoms with Crippen LogP contribution in [-0.2, 0) is 24.2 Å². The van der Waals surface area contributed by atoms with E-state index in [0.717, 1.165) is 39.6 Å². The van der Waals surface area contributed by atoms with E-state index in [-0.39, 0.29) is 5.91 Å². The first-order valence-electron chi connectivity index (χ1n) is 11.2. The van der Waals surface area contributed by atoms with Gasteiger partial charge in [-0.2, -0.15) is 0 Å². The van der Waals surface area contributed by atoms with Crippen LogP contribution in [0.2, 0.25) is 5.02 Å². The number of aromatic nitrogens is 2. The summed E-state index contributed by atoms with van der Waals surface area (Å²) in [6.45, 7) is 3.69. The number of hydrogen-bond acceptors (Lipinski definition) is 3. The molecular weight excluding hydrogens is 434 g/mol. The lowest BCUT2D eigenvalue weighted by Gasteiger charge is -2.12. The van der Waals surface area contributed by atoms with Crippen LogP contribution in [0.4, 0.5) is 0 Å². The number of rotatable bonds is 10. The van der Waals surface area contributed by atoms with Crippen molar-refractivity contribution < 1.29 is 9.53 Å². The number of benzene rings is 3.